The van der Waals surface area contributed by atoms with Crippen molar-refractivity contribution in [1.29, 1.82) is 0 Å². The molecule has 128 valence electrons. The standard InChI is InChI=1S/C17H28N4O2/c1-18-17(19-8-11-21-9-4-3-5-10-21)20-13-14-12-15(23-2)6-7-16(14)22/h6-7,12,22H,3-5,8-11,13H2,1-2H3,(H2,18,19,20). The van der Waals surface area contributed by atoms with E-state index in [1.807, 2.05) is 6.07 Å². The second kappa shape index (κ2) is 9.25. The van der Waals surface area contributed by atoms with Crippen molar-refractivity contribution < 1.29 is 9.84 Å². The van der Waals surface area contributed by atoms with Crippen molar-refractivity contribution in [3.63, 3.8) is 0 Å². The van der Waals surface area contributed by atoms with Gasteiger partial charge in [-0.1, -0.05) is 6.42 Å². The van der Waals surface area contributed by atoms with Gasteiger partial charge in [0.25, 0.3) is 0 Å². The van der Waals surface area contributed by atoms with Gasteiger partial charge in [0.2, 0.25) is 0 Å². The summed E-state index contributed by atoms with van der Waals surface area (Å²) in [4.78, 5) is 6.70. The predicted octanol–water partition coefficient (Wildman–Crippen LogP) is 1.55. The molecule has 0 radical (unpaired) electrons. The Kier molecular flexibility index (Phi) is 7.00. The second-order valence-corrected chi connectivity index (χ2v) is 5.75. The third kappa shape index (κ3) is 5.63. The van der Waals surface area contributed by atoms with Crippen LogP contribution in [-0.4, -0.2) is 56.3 Å². The van der Waals surface area contributed by atoms with E-state index in [2.05, 4.69) is 20.5 Å². The molecular weight excluding hydrogens is 292 g/mol. The monoisotopic (exact) mass is 320 g/mol. The van der Waals surface area contributed by atoms with Crippen molar-refractivity contribution in [3.05, 3.63) is 23.8 Å². The second-order valence-electron chi connectivity index (χ2n) is 5.75. The molecule has 1 fully saturated rings. The molecule has 0 aromatic heterocycles. The van der Waals surface area contributed by atoms with Crippen LogP contribution in [0.3, 0.4) is 0 Å². The SMILES string of the molecule is CN=C(NCCN1CCCCC1)NCc1cc(OC)ccc1O. The highest BCUT2D eigenvalue weighted by atomic mass is 16.5. The van der Waals surface area contributed by atoms with Crippen molar-refractivity contribution in [1.82, 2.24) is 15.5 Å². The Hall–Kier alpha value is -1.95. The van der Waals surface area contributed by atoms with E-state index in [9.17, 15) is 5.11 Å². The van der Waals surface area contributed by atoms with Gasteiger partial charge in [-0.05, 0) is 44.1 Å². The lowest BCUT2D eigenvalue weighted by Gasteiger charge is -2.26. The zero-order chi connectivity index (χ0) is 16.5. The molecule has 3 N–H and O–H groups in total. The van der Waals surface area contributed by atoms with Crippen LogP contribution in [0.2, 0.25) is 0 Å². The van der Waals surface area contributed by atoms with Gasteiger partial charge in [0, 0.05) is 32.2 Å². The number of ether oxygens (including phenoxy) is 1. The molecule has 0 bridgehead atoms. The van der Waals surface area contributed by atoms with E-state index in [-0.39, 0.29) is 5.75 Å². The van der Waals surface area contributed by atoms with Gasteiger partial charge < -0.3 is 25.4 Å². The largest absolute Gasteiger partial charge is 0.508 e. The Morgan fingerprint density at radius 2 is 2.04 bits per heavy atom. The lowest BCUT2D eigenvalue weighted by molar-refractivity contribution is 0.232. The van der Waals surface area contributed by atoms with E-state index in [0.29, 0.717) is 6.54 Å². The number of hydrogen-bond donors (Lipinski definition) is 3. The van der Waals surface area contributed by atoms with E-state index in [1.165, 1.54) is 32.4 Å². The molecule has 0 spiro atoms. The van der Waals surface area contributed by atoms with Gasteiger partial charge in [0.15, 0.2) is 5.96 Å². The third-order valence-corrected chi connectivity index (χ3v) is 4.13. The highest BCUT2D eigenvalue weighted by Crippen LogP contribution is 2.22. The Balaban J connectivity index is 1.76. The number of phenolic OH excluding ortho intramolecular Hbond substituents is 1. The van der Waals surface area contributed by atoms with Crippen LogP contribution in [0.4, 0.5) is 0 Å². The van der Waals surface area contributed by atoms with E-state index >= 15 is 0 Å². The van der Waals surface area contributed by atoms with Crippen molar-refractivity contribution in [2.75, 3.05) is 40.3 Å². The molecule has 6 nitrogen and oxygen atoms in total. The van der Waals surface area contributed by atoms with Gasteiger partial charge in [-0.2, -0.15) is 0 Å². The number of nitrogens with one attached hydrogen (secondary N) is 2. The Bertz CT molecular complexity index is 513. The molecule has 0 unspecified atom stereocenters. The van der Waals surface area contributed by atoms with Crippen LogP contribution in [0.5, 0.6) is 11.5 Å². The zero-order valence-electron chi connectivity index (χ0n) is 14.1. The van der Waals surface area contributed by atoms with Gasteiger partial charge in [-0.15, -0.1) is 0 Å². The fourth-order valence-corrected chi connectivity index (χ4v) is 2.75. The van der Waals surface area contributed by atoms with E-state index in [4.69, 9.17) is 4.74 Å². The molecule has 1 aromatic rings. The maximum absolute atomic E-state index is 9.90. The minimum absolute atomic E-state index is 0.252. The molecule has 0 aliphatic carbocycles. The normalized spacial score (nSPS) is 16.2. The number of guanidine groups is 1. The summed E-state index contributed by atoms with van der Waals surface area (Å²) >= 11 is 0. The maximum atomic E-state index is 9.90. The first-order valence-corrected chi connectivity index (χ1v) is 8.25. The fourth-order valence-electron chi connectivity index (χ4n) is 2.75. The summed E-state index contributed by atoms with van der Waals surface area (Å²) in [5.74, 6) is 1.72. The van der Waals surface area contributed by atoms with Crippen molar-refractivity contribution >= 4 is 5.96 Å². The zero-order valence-corrected chi connectivity index (χ0v) is 14.1. The molecule has 0 saturated carbocycles. The Labute approximate surface area is 138 Å². The molecule has 1 saturated heterocycles. The molecule has 0 amide bonds. The lowest BCUT2D eigenvalue weighted by atomic mass is 10.1. The number of nitrogens with zero attached hydrogens (tertiary/aromatic N) is 2. The molecule has 23 heavy (non-hydrogen) atoms. The number of aromatic hydroxyl groups is 1. The summed E-state index contributed by atoms with van der Waals surface area (Å²) in [6, 6.07) is 5.20. The van der Waals surface area contributed by atoms with Crippen molar-refractivity contribution in [3.8, 4) is 11.5 Å². The molecular formula is C17H28N4O2. The summed E-state index contributed by atoms with van der Waals surface area (Å²) in [5.41, 5.74) is 0.781. The molecule has 2 rings (SSSR count). The summed E-state index contributed by atoms with van der Waals surface area (Å²) in [7, 11) is 3.37. The number of phenols is 1. The molecule has 1 aliphatic heterocycles. The van der Waals surface area contributed by atoms with Gasteiger partial charge in [0.05, 0.1) is 7.11 Å². The number of methoxy groups -OCH3 is 1. The Morgan fingerprint density at radius 3 is 2.74 bits per heavy atom. The first-order chi connectivity index (χ1) is 11.2. The maximum Gasteiger partial charge on any atom is 0.191 e. The van der Waals surface area contributed by atoms with Crippen LogP contribution < -0.4 is 15.4 Å². The third-order valence-electron chi connectivity index (χ3n) is 4.13. The minimum atomic E-state index is 0.252. The average Bonchev–Trinajstić information content (AvgIpc) is 2.60. The number of aliphatic imine (C=N–C) groups is 1. The summed E-state index contributed by atoms with van der Waals surface area (Å²) in [6.45, 7) is 4.79. The van der Waals surface area contributed by atoms with Crippen molar-refractivity contribution in [2.24, 2.45) is 4.99 Å². The smallest absolute Gasteiger partial charge is 0.191 e. The van der Waals surface area contributed by atoms with E-state index < -0.39 is 0 Å². The lowest BCUT2D eigenvalue weighted by Crippen LogP contribution is -2.42. The van der Waals surface area contributed by atoms with Crippen LogP contribution in [0.1, 0.15) is 24.8 Å². The van der Waals surface area contributed by atoms with Gasteiger partial charge >= 0.3 is 0 Å². The average molecular weight is 320 g/mol. The first kappa shape index (κ1) is 17.4. The van der Waals surface area contributed by atoms with E-state index in [1.54, 1.807) is 26.3 Å². The van der Waals surface area contributed by atoms with Crippen LogP contribution in [0.25, 0.3) is 0 Å². The van der Waals surface area contributed by atoms with Crippen LogP contribution in [0, 0.1) is 0 Å². The van der Waals surface area contributed by atoms with Crippen LogP contribution in [0.15, 0.2) is 23.2 Å². The molecule has 1 heterocycles. The minimum Gasteiger partial charge on any atom is -0.508 e. The number of rotatable bonds is 6. The van der Waals surface area contributed by atoms with E-state index in [0.717, 1.165) is 30.4 Å². The van der Waals surface area contributed by atoms with Crippen LogP contribution >= 0.6 is 0 Å². The Morgan fingerprint density at radius 1 is 1.26 bits per heavy atom. The predicted molar refractivity (Wildman–Crippen MR) is 93.2 cm³/mol. The topological polar surface area (TPSA) is 69.1 Å². The van der Waals surface area contributed by atoms with Gasteiger partial charge in [-0.25, -0.2) is 0 Å². The summed E-state index contributed by atoms with van der Waals surface area (Å²) in [5, 5.41) is 16.4. The first-order valence-electron chi connectivity index (χ1n) is 8.25. The molecule has 1 aromatic carbocycles. The number of benzene rings is 1. The highest BCUT2D eigenvalue weighted by Gasteiger charge is 2.09. The summed E-state index contributed by atoms with van der Waals surface area (Å²) in [6.07, 6.45) is 3.97. The number of likely N-dealkylation sites (tertiary alicyclic amines) is 1. The van der Waals surface area contributed by atoms with Gasteiger partial charge in [-0.3, -0.25) is 4.99 Å². The molecule has 0 atom stereocenters. The molecule has 6 heteroatoms. The number of piperidine rings is 1. The summed E-state index contributed by atoms with van der Waals surface area (Å²) < 4.78 is 5.18. The fraction of sp³-hybridized carbons (Fsp3) is 0.588. The molecule has 1 aliphatic rings. The van der Waals surface area contributed by atoms with Crippen LogP contribution in [-0.2, 0) is 6.54 Å². The highest BCUT2D eigenvalue weighted by molar-refractivity contribution is 5.79. The van der Waals surface area contributed by atoms with Gasteiger partial charge in [0.1, 0.15) is 11.5 Å². The van der Waals surface area contributed by atoms with Crippen molar-refractivity contribution in [2.45, 2.75) is 25.8 Å². The number of hydrogen-bond acceptors (Lipinski definition) is 4. The quantitative estimate of drug-likeness (QED) is 0.548.